The van der Waals surface area contributed by atoms with Gasteiger partial charge < -0.3 is 0 Å². The van der Waals surface area contributed by atoms with Crippen LogP contribution >= 0.6 is 0 Å². The quantitative estimate of drug-likeness (QED) is 0.664. The highest BCUT2D eigenvalue weighted by molar-refractivity contribution is 5.35. The fourth-order valence-electron chi connectivity index (χ4n) is 1.73. The van der Waals surface area contributed by atoms with E-state index in [1.807, 2.05) is 6.92 Å². The molecule has 1 aromatic carbocycles. The zero-order valence-corrected chi connectivity index (χ0v) is 10.1. The predicted octanol–water partition coefficient (Wildman–Crippen LogP) is 4.95. The molecule has 0 N–H and O–H groups in total. The van der Waals surface area contributed by atoms with Crippen molar-refractivity contribution in [2.75, 3.05) is 0 Å². The molecule has 2 atom stereocenters. The average Bonchev–Trinajstić information content (AvgIpc) is 2.26. The summed E-state index contributed by atoms with van der Waals surface area (Å²) < 4.78 is 52.0. The summed E-state index contributed by atoms with van der Waals surface area (Å²) in [5.74, 6) is -0.0939. The highest BCUT2D eigenvalue weighted by atomic mass is 19.4. The van der Waals surface area contributed by atoms with Gasteiger partial charge in [-0.05, 0) is 24.8 Å². The summed E-state index contributed by atoms with van der Waals surface area (Å²) in [6.07, 6.45) is -4.22. The van der Waals surface area contributed by atoms with Crippen LogP contribution in [0.25, 0.3) is 0 Å². The molecule has 0 saturated carbocycles. The first-order valence-corrected chi connectivity index (χ1v) is 5.56. The number of rotatable bonds is 3. The van der Waals surface area contributed by atoms with Crippen LogP contribution < -0.4 is 0 Å². The Kier molecular flexibility index (Phi) is 3.84. The standard InChI is InChI=1S/C13H16F4/c1-4-9(2)10-7-5-6-8-11(10)12(3,14)13(15,16)17/h5-9H,4H2,1-3H3. The summed E-state index contributed by atoms with van der Waals surface area (Å²) in [5.41, 5.74) is -3.15. The Labute approximate surface area is 98.6 Å². The SMILES string of the molecule is CCC(C)c1ccccc1C(C)(F)C(F)(F)F. The first-order valence-electron chi connectivity index (χ1n) is 5.56. The zero-order valence-electron chi connectivity index (χ0n) is 10.1. The number of hydrogen-bond donors (Lipinski definition) is 0. The third-order valence-corrected chi connectivity index (χ3v) is 3.14. The van der Waals surface area contributed by atoms with Crippen LogP contribution in [0.5, 0.6) is 0 Å². The summed E-state index contributed by atoms with van der Waals surface area (Å²) in [6.45, 7) is 4.24. The van der Waals surface area contributed by atoms with Crippen molar-refractivity contribution in [2.45, 2.75) is 45.0 Å². The van der Waals surface area contributed by atoms with Crippen LogP contribution in [0.15, 0.2) is 24.3 Å². The Bertz CT molecular complexity index is 379. The van der Waals surface area contributed by atoms with E-state index >= 15 is 0 Å². The topological polar surface area (TPSA) is 0 Å². The van der Waals surface area contributed by atoms with E-state index in [0.29, 0.717) is 18.9 Å². The molecule has 0 aliphatic carbocycles. The van der Waals surface area contributed by atoms with Gasteiger partial charge in [-0.2, -0.15) is 13.2 Å². The Morgan fingerprint density at radius 3 is 2.12 bits per heavy atom. The fraction of sp³-hybridized carbons (Fsp3) is 0.538. The van der Waals surface area contributed by atoms with Gasteiger partial charge in [0, 0.05) is 5.56 Å². The average molecular weight is 248 g/mol. The molecule has 0 heterocycles. The predicted molar refractivity (Wildman–Crippen MR) is 59.7 cm³/mol. The minimum atomic E-state index is -4.89. The van der Waals surface area contributed by atoms with Gasteiger partial charge in [-0.1, -0.05) is 38.1 Å². The minimum absolute atomic E-state index is 0.0939. The summed E-state index contributed by atoms with van der Waals surface area (Å²) in [5, 5.41) is 0. The summed E-state index contributed by atoms with van der Waals surface area (Å²) in [6, 6.07) is 5.85. The second kappa shape index (κ2) is 4.67. The maximum atomic E-state index is 14.0. The van der Waals surface area contributed by atoms with Crippen LogP contribution in [0.2, 0.25) is 0 Å². The maximum Gasteiger partial charge on any atom is 0.426 e. The van der Waals surface area contributed by atoms with Crippen molar-refractivity contribution >= 4 is 0 Å². The fourth-order valence-corrected chi connectivity index (χ4v) is 1.73. The Morgan fingerprint density at radius 2 is 1.65 bits per heavy atom. The van der Waals surface area contributed by atoms with E-state index in [0.717, 1.165) is 0 Å². The van der Waals surface area contributed by atoms with Crippen molar-refractivity contribution in [2.24, 2.45) is 0 Å². The molecular formula is C13H16F4. The zero-order chi connectivity index (χ0) is 13.3. The molecule has 0 aliphatic heterocycles. The Balaban J connectivity index is 3.31. The molecule has 1 aromatic rings. The van der Waals surface area contributed by atoms with Crippen molar-refractivity contribution in [1.82, 2.24) is 0 Å². The Hall–Kier alpha value is -1.06. The van der Waals surface area contributed by atoms with Crippen LogP contribution in [-0.2, 0) is 5.67 Å². The van der Waals surface area contributed by atoms with E-state index in [2.05, 4.69) is 0 Å². The smallest absolute Gasteiger partial charge is 0.229 e. The van der Waals surface area contributed by atoms with Gasteiger partial charge in [-0.25, -0.2) is 4.39 Å². The lowest BCUT2D eigenvalue weighted by molar-refractivity contribution is -0.229. The molecule has 0 fully saturated rings. The Morgan fingerprint density at radius 1 is 1.12 bits per heavy atom. The van der Waals surface area contributed by atoms with Crippen LogP contribution in [0.3, 0.4) is 0 Å². The van der Waals surface area contributed by atoms with Gasteiger partial charge in [0.25, 0.3) is 0 Å². The molecule has 0 aliphatic rings. The van der Waals surface area contributed by atoms with Crippen LogP contribution in [0.1, 0.15) is 44.2 Å². The van der Waals surface area contributed by atoms with E-state index in [-0.39, 0.29) is 11.5 Å². The molecule has 96 valence electrons. The lowest BCUT2D eigenvalue weighted by atomic mass is 9.86. The molecule has 0 amide bonds. The van der Waals surface area contributed by atoms with E-state index < -0.39 is 11.8 Å². The first kappa shape index (κ1) is 14.0. The molecule has 0 radical (unpaired) electrons. The van der Waals surface area contributed by atoms with Crippen LogP contribution in [0.4, 0.5) is 17.6 Å². The van der Waals surface area contributed by atoms with Crippen molar-refractivity contribution < 1.29 is 17.6 Å². The normalized spacial score (nSPS) is 17.6. The van der Waals surface area contributed by atoms with Gasteiger partial charge in [-0.15, -0.1) is 0 Å². The first-order chi connectivity index (χ1) is 7.71. The lowest BCUT2D eigenvalue weighted by Crippen LogP contribution is -2.36. The van der Waals surface area contributed by atoms with Crippen LogP contribution in [-0.4, -0.2) is 6.18 Å². The van der Waals surface area contributed by atoms with Crippen LogP contribution in [0, 0.1) is 0 Å². The van der Waals surface area contributed by atoms with Crippen molar-refractivity contribution in [3.63, 3.8) is 0 Å². The number of benzene rings is 1. The molecule has 0 aromatic heterocycles. The van der Waals surface area contributed by atoms with Crippen molar-refractivity contribution in [3.05, 3.63) is 35.4 Å². The molecule has 0 spiro atoms. The van der Waals surface area contributed by atoms with Gasteiger partial charge in [0.05, 0.1) is 0 Å². The molecule has 0 nitrogen and oxygen atoms in total. The molecule has 1 rings (SSSR count). The third kappa shape index (κ3) is 2.61. The maximum absolute atomic E-state index is 14.0. The monoisotopic (exact) mass is 248 g/mol. The highest BCUT2D eigenvalue weighted by Crippen LogP contribution is 2.44. The van der Waals surface area contributed by atoms with Gasteiger partial charge >= 0.3 is 6.18 Å². The molecular weight excluding hydrogens is 232 g/mol. The summed E-state index contributed by atoms with van der Waals surface area (Å²) in [7, 11) is 0. The third-order valence-electron chi connectivity index (χ3n) is 3.14. The largest absolute Gasteiger partial charge is 0.426 e. The van der Waals surface area contributed by atoms with E-state index in [1.54, 1.807) is 19.1 Å². The number of halogens is 4. The van der Waals surface area contributed by atoms with Gasteiger partial charge in [-0.3, -0.25) is 0 Å². The van der Waals surface area contributed by atoms with E-state index in [4.69, 9.17) is 0 Å². The molecule has 0 bridgehead atoms. The number of hydrogen-bond acceptors (Lipinski definition) is 0. The molecule has 17 heavy (non-hydrogen) atoms. The highest BCUT2D eigenvalue weighted by Gasteiger charge is 2.54. The summed E-state index contributed by atoms with van der Waals surface area (Å²) >= 11 is 0. The lowest BCUT2D eigenvalue weighted by Gasteiger charge is -2.28. The number of alkyl halides is 4. The molecule has 4 heteroatoms. The van der Waals surface area contributed by atoms with Crippen molar-refractivity contribution in [3.8, 4) is 0 Å². The second-order valence-corrected chi connectivity index (χ2v) is 4.40. The van der Waals surface area contributed by atoms with E-state index in [1.165, 1.54) is 12.1 Å². The molecule has 0 saturated heterocycles. The summed E-state index contributed by atoms with van der Waals surface area (Å²) in [4.78, 5) is 0. The van der Waals surface area contributed by atoms with Crippen molar-refractivity contribution in [1.29, 1.82) is 0 Å². The van der Waals surface area contributed by atoms with E-state index in [9.17, 15) is 17.6 Å². The molecule has 2 unspecified atom stereocenters. The van der Waals surface area contributed by atoms with Gasteiger partial charge in [0.2, 0.25) is 5.67 Å². The van der Waals surface area contributed by atoms with Gasteiger partial charge in [0.15, 0.2) is 0 Å². The van der Waals surface area contributed by atoms with Gasteiger partial charge in [0.1, 0.15) is 0 Å². The second-order valence-electron chi connectivity index (χ2n) is 4.40. The minimum Gasteiger partial charge on any atom is -0.229 e.